The van der Waals surface area contributed by atoms with Crippen LogP contribution < -0.4 is 4.72 Å². The second kappa shape index (κ2) is 4.72. The molecule has 0 saturated carbocycles. The Kier molecular flexibility index (Phi) is 3.30. The fourth-order valence-electron chi connectivity index (χ4n) is 1.29. The summed E-state index contributed by atoms with van der Waals surface area (Å²) in [6.45, 7) is 0. The maximum absolute atomic E-state index is 11.4. The number of sulfonamides is 1. The Morgan fingerprint density at radius 3 is 2.76 bits per heavy atom. The number of hydrogen-bond donors (Lipinski definition) is 1. The van der Waals surface area contributed by atoms with E-state index in [2.05, 4.69) is 14.8 Å². The van der Waals surface area contributed by atoms with E-state index in [1.165, 1.54) is 17.3 Å². The van der Waals surface area contributed by atoms with Crippen LogP contribution in [0.1, 0.15) is 0 Å². The lowest BCUT2D eigenvalue weighted by atomic mass is 10.3. The molecule has 0 atom stereocenters. The Balaban J connectivity index is 2.42. The van der Waals surface area contributed by atoms with E-state index in [-0.39, 0.29) is 0 Å². The van der Waals surface area contributed by atoms with Gasteiger partial charge in [-0.2, -0.15) is 5.10 Å². The van der Waals surface area contributed by atoms with Crippen LogP contribution in [0.5, 0.6) is 0 Å². The predicted molar refractivity (Wildman–Crippen MR) is 64.6 cm³/mol. The van der Waals surface area contributed by atoms with Crippen LogP contribution in [0.3, 0.4) is 0 Å². The minimum absolute atomic E-state index is 0.402. The second-order valence-corrected chi connectivity index (χ2v) is 5.49. The molecule has 90 valence electrons. The molecule has 0 amide bonds. The Bertz CT molecular complexity index is 597. The molecule has 0 bridgehead atoms. The third-order valence-electron chi connectivity index (χ3n) is 1.98. The van der Waals surface area contributed by atoms with Crippen molar-refractivity contribution in [2.45, 2.75) is 0 Å². The van der Waals surface area contributed by atoms with Gasteiger partial charge in [-0.25, -0.2) is 18.1 Å². The first-order valence-electron chi connectivity index (χ1n) is 4.63. The quantitative estimate of drug-likeness (QED) is 0.849. The van der Waals surface area contributed by atoms with Gasteiger partial charge in [0.15, 0.2) is 0 Å². The van der Waals surface area contributed by atoms with Crippen molar-refractivity contribution in [3.63, 3.8) is 0 Å². The van der Waals surface area contributed by atoms with Crippen molar-refractivity contribution in [2.75, 3.05) is 9.93 Å². The summed E-state index contributed by atoms with van der Waals surface area (Å²) in [7, 11) is -3.53. The highest BCUT2D eigenvalue weighted by Crippen LogP contribution is 2.20. The van der Waals surface area contributed by atoms with E-state index in [0.29, 0.717) is 11.4 Å². The Morgan fingerprint density at radius 1 is 1.35 bits per heavy atom. The minimum atomic E-state index is -3.53. The number of nitrogens with one attached hydrogen (secondary N) is 1. The molecule has 0 aliphatic rings. The number of alkyl halides is 1. The highest BCUT2D eigenvalue weighted by Gasteiger charge is 2.12. The van der Waals surface area contributed by atoms with Crippen LogP contribution in [0.4, 0.5) is 5.69 Å². The number of aromatic nitrogens is 3. The number of nitrogens with zero attached hydrogens (tertiary/aromatic N) is 3. The molecule has 1 aromatic carbocycles. The smallest absolute Gasteiger partial charge is 0.246 e. The predicted octanol–water partition coefficient (Wildman–Crippen LogP) is 1.21. The van der Waals surface area contributed by atoms with Gasteiger partial charge in [0.2, 0.25) is 10.0 Å². The van der Waals surface area contributed by atoms with Crippen LogP contribution in [-0.2, 0) is 10.0 Å². The van der Waals surface area contributed by atoms with Crippen LogP contribution in [0.25, 0.3) is 5.69 Å². The molecule has 2 aromatic rings. The van der Waals surface area contributed by atoms with E-state index >= 15 is 0 Å². The van der Waals surface area contributed by atoms with Crippen molar-refractivity contribution >= 4 is 27.3 Å². The van der Waals surface area contributed by atoms with E-state index in [9.17, 15) is 8.42 Å². The molecule has 0 aliphatic carbocycles. The standard InChI is InChI=1S/C9H9ClN4O2S/c10-5-17(15,16)13-8-3-1-2-4-9(8)14-7-11-6-12-14/h1-4,6-7,13H,5H2. The summed E-state index contributed by atoms with van der Waals surface area (Å²) < 4.78 is 26.6. The SMILES string of the molecule is O=S(=O)(CCl)Nc1ccccc1-n1cncn1. The zero-order chi connectivity index (χ0) is 12.3. The van der Waals surface area contributed by atoms with Crippen molar-refractivity contribution in [3.05, 3.63) is 36.9 Å². The second-order valence-electron chi connectivity index (χ2n) is 3.18. The molecule has 17 heavy (non-hydrogen) atoms. The van der Waals surface area contributed by atoms with E-state index in [0.717, 1.165) is 0 Å². The number of benzene rings is 1. The number of halogens is 1. The van der Waals surface area contributed by atoms with Crippen LogP contribution in [0.2, 0.25) is 0 Å². The van der Waals surface area contributed by atoms with Gasteiger partial charge in [0.1, 0.15) is 17.9 Å². The average Bonchev–Trinajstić information content (AvgIpc) is 2.83. The first-order chi connectivity index (χ1) is 8.12. The molecule has 1 aromatic heterocycles. The molecule has 0 radical (unpaired) electrons. The van der Waals surface area contributed by atoms with Crippen LogP contribution in [0.15, 0.2) is 36.9 Å². The molecular formula is C9H9ClN4O2S. The first kappa shape index (κ1) is 11.9. The van der Waals surface area contributed by atoms with Crippen molar-refractivity contribution in [1.82, 2.24) is 14.8 Å². The largest absolute Gasteiger partial charge is 0.280 e. The summed E-state index contributed by atoms with van der Waals surface area (Å²) in [5.41, 5.74) is 0.984. The third kappa shape index (κ3) is 2.75. The van der Waals surface area contributed by atoms with Gasteiger partial charge in [-0.1, -0.05) is 12.1 Å². The van der Waals surface area contributed by atoms with Gasteiger partial charge in [0.05, 0.1) is 11.4 Å². The van der Waals surface area contributed by atoms with Gasteiger partial charge in [-0.15, -0.1) is 11.6 Å². The third-order valence-corrected chi connectivity index (χ3v) is 3.66. The highest BCUT2D eigenvalue weighted by atomic mass is 35.5. The summed E-state index contributed by atoms with van der Waals surface area (Å²) in [5, 5.41) is 3.44. The maximum atomic E-state index is 11.4. The minimum Gasteiger partial charge on any atom is -0.280 e. The van der Waals surface area contributed by atoms with E-state index < -0.39 is 15.2 Å². The van der Waals surface area contributed by atoms with Crippen molar-refractivity contribution in [1.29, 1.82) is 0 Å². The summed E-state index contributed by atoms with van der Waals surface area (Å²) in [5.74, 6) is 0. The molecule has 8 heteroatoms. The number of hydrogen-bond acceptors (Lipinski definition) is 4. The van der Waals surface area contributed by atoms with Crippen LogP contribution >= 0.6 is 11.6 Å². The summed E-state index contributed by atoms with van der Waals surface area (Å²) in [4.78, 5) is 3.80. The summed E-state index contributed by atoms with van der Waals surface area (Å²) >= 11 is 5.34. The van der Waals surface area contributed by atoms with Gasteiger partial charge < -0.3 is 0 Å². The normalized spacial score (nSPS) is 11.4. The lowest BCUT2D eigenvalue weighted by Gasteiger charge is -2.10. The van der Waals surface area contributed by atoms with Gasteiger partial charge >= 0.3 is 0 Å². The number of rotatable bonds is 4. The molecule has 2 rings (SSSR count). The molecular weight excluding hydrogens is 264 g/mol. The zero-order valence-electron chi connectivity index (χ0n) is 8.62. The number of para-hydroxylation sites is 2. The zero-order valence-corrected chi connectivity index (χ0v) is 10.2. The monoisotopic (exact) mass is 272 g/mol. The van der Waals surface area contributed by atoms with Crippen molar-refractivity contribution in [2.24, 2.45) is 0 Å². The average molecular weight is 273 g/mol. The van der Waals surface area contributed by atoms with Crippen LogP contribution in [0, 0.1) is 0 Å². The molecule has 0 unspecified atom stereocenters. The van der Waals surface area contributed by atoms with Gasteiger partial charge in [-0.3, -0.25) is 4.72 Å². The highest BCUT2D eigenvalue weighted by molar-refractivity contribution is 7.93. The van der Waals surface area contributed by atoms with Crippen LogP contribution in [-0.4, -0.2) is 28.4 Å². The molecule has 1 heterocycles. The van der Waals surface area contributed by atoms with E-state index in [1.54, 1.807) is 24.3 Å². The topological polar surface area (TPSA) is 76.9 Å². The molecule has 0 spiro atoms. The Morgan fingerprint density at radius 2 is 2.12 bits per heavy atom. The van der Waals surface area contributed by atoms with Gasteiger partial charge in [-0.05, 0) is 12.1 Å². The van der Waals surface area contributed by atoms with Crippen molar-refractivity contribution < 1.29 is 8.42 Å². The van der Waals surface area contributed by atoms with Gasteiger partial charge in [0.25, 0.3) is 0 Å². The molecule has 0 aliphatic heterocycles. The molecule has 6 nitrogen and oxygen atoms in total. The molecule has 1 N–H and O–H groups in total. The molecule has 0 saturated heterocycles. The fraction of sp³-hybridized carbons (Fsp3) is 0.111. The fourth-order valence-corrected chi connectivity index (χ4v) is 2.01. The summed E-state index contributed by atoms with van der Waals surface area (Å²) in [6, 6.07) is 6.84. The first-order valence-corrected chi connectivity index (χ1v) is 6.81. The molecule has 0 fully saturated rings. The summed E-state index contributed by atoms with van der Waals surface area (Å²) in [6.07, 6.45) is 2.85. The van der Waals surface area contributed by atoms with Crippen molar-refractivity contribution in [3.8, 4) is 5.69 Å². The lowest BCUT2D eigenvalue weighted by molar-refractivity contribution is 0.605. The number of anilines is 1. The maximum Gasteiger partial charge on any atom is 0.246 e. The Hall–Kier alpha value is -1.60. The lowest BCUT2D eigenvalue weighted by Crippen LogP contribution is -2.15. The van der Waals surface area contributed by atoms with E-state index in [4.69, 9.17) is 11.6 Å². The van der Waals surface area contributed by atoms with E-state index in [1.807, 2.05) is 0 Å². The van der Waals surface area contributed by atoms with Gasteiger partial charge in [0, 0.05) is 0 Å². The Labute approximate surface area is 103 Å².